The predicted molar refractivity (Wildman–Crippen MR) is 79.7 cm³/mol. The molecule has 3 nitrogen and oxygen atoms in total. The summed E-state index contributed by atoms with van der Waals surface area (Å²) in [6.45, 7) is 8.62. The van der Waals surface area contributed by atoms with Crippen LogP contribution in [-0.2, 0) is 13.0 Å². The largest absolute Gasteiger partial charge is 0.496 e. The van der Waals surface area contributed by atoms with Gasteiger partial charge in [-0.25, -0.2) is 0 Å². The van der Waals surface area contributed by atoms with Crippen LogP contribution in [0.4, 0.5) is 0 Å². The van der Waals surface area contributed by atoms with Gasteiger partial charge in [0.15, 0.2) is 0 Å². The molecule has 1 unspecified atom stereocenters. The number of nitrogens with one attached hydrogen (secondary N) is 2. The van der Waals surface area contributed by atoms with Crippen molar-refractivity contribution in [1.82, 2.24) is 10.6 Å². The smallest absolute Gasteiger partial charge is 0.123 e. The monoisotopic (exact) mass is 262 g/mol. The van der Waals surface area contributed by atoms with Gasteiger partial charge >= 0.3 is 0 Å². The average Bonchev–Trinajstić information content (AvgIpc) is 2.75. The van der Waals surface area contributed by atoms with Crippen LogP contribution in [0.15, 0.2) is 18.2 Å². The Morgan fingerprint density at radius 1 is 1.42 bits per heavy atom. The van der Waals surface area contributed by atoms with Gasteiger partial charge < -0.3 is 15.4 Å². The zero-order valence-corrected chi connectivity index (χ0v) is 12.5. The van der Waals surface area contributed by atoms with Crippen LogP contribution < -0.4 is 15.4 Å². The van der Waals surface area contributed by atoms with Crippen molar-refractivity contribution in [1.29, 1.82) is 0 Å². The van der Waals surface area contributed by atoms with Gasteiger partial charge in [0.1, 0.15) is 5.75 Å². The molecule has 0 radical (unpaired) electrons. The summed E-state index contributed by atoms with van der Waals surface area (Å²) in [4.78, 5) is 0. The van der Waals surface area contributed by atoms with E-state index in [2.05, 4.69) is 49.6 Å². The van der Waals surface area contributed by atoms with Crippen molar-refractivity contribution in [3.8, 4) is 5.75 Å². The number of ether oxygens (including phenoxy) is 1. The van der Waals surface area contributed by atoms with Gasteiger partial charge in [-0.15, -0.1) is 0 Å². The summed E-state index contributed by atoms with van der Waals surface area (Å²) in [6.07, 6.45) is 2.23. The highest BCUT2D eigenvalue weighted by molar-refractivity contribution is 5.37. The van der Waals surface area contributed by atoms with E-state index in [9.17, 15) is 0 Å². The standard InChI is InChI=1S/C16H26N2O/c1-5-12-6-7-15(19-4)13(8-12)10-17-14-9-16(2,3)18-11-14/h6-8,14,17-18H,5,9-11H2,1-4H3. The second kappa shape index (κ2) is 5.93. The highest BCUT2D eigenvalue weighted by atomic mass is 16.5. The van der Waals surface area contributed by atoms with E-state index in [4.69, 9.17) is 4.74 Å². The summed E-state index contributed by atoms with van der Waals surface area (Å²) >= 11 is 0. The van der Waals surface area contributed by atoms with E-state index in [1.807, 2.05) is 0 Å². The van der Waals surface area contributed by atoms with Gasteiger partial charge in [0.2, 0.25) is 0 Å². The Balaban J connectivity index is 1.98. The van der Waals surface area contributed by atoms with Crippen molar-refractivity contribution in [3.05, 3.63) is 29.3 Å². The molecule has 3 heteroatoms. The van der Waals surface area contributed by atoms with Crippen molar-refractivity contribution in [2.45, 2.75) is 51.7 Å². The highest BCUT2D eigenvalue weighted by Gasteiger charge is 2.29. The molecule has 0 saturated carbocycles. The van der Waals surface area contributed by atoms with Crippen LogP contribution in [0.2, 0.25) is 0 Å². The maximum atomic E-state index is 5.45. The van der Waals surface area contributed by atoms with E-state index >= 15 is 0 Å². The lowest BCUT2D eigenvalue weighted by atomic mass is 10.0. The fraction of sp³-hybridized carbons (Fsp3) is 0.625. The lowest BCUT2D eigenvalue weighted by molar-refractivity contribution is 0.403. The van der Waals surface area contributed by atoms with Gasteiger partial charge in [-0.3, -0.25) is 0 Å². The molecule has 1 heterocycles. The molecule has 0 amide bonds. The topological polar surface area (TPSA) is 33.3 Å². The second-order valence-electron chi connectivity index (χ2n) is 6.05. The predicted octanol–water partition coefficient (Wildman–Crippen LogP) is 2.49. The Morgan fingerprint density at radius 3 is 2.79 bits per heavy atom. The van der Waals surface area contributed by atoms with Crippen LogP contribution >= 0.6 is 0 Å². The quantitative estimate of drug-likeness (QED) is 0.855. The van der Waals surface area contributed by atoms with Crippen LogP contribution in [0.1, 0.15) is 38.3 Å². The molecule has 2 rings (SSSR count). The maximum absolute atomic E-state index is 5.45. The zero-order valence-electron chi connectivity index (χ0n) is 12.5. The summed E-state index contributed by atoms with van der Waals surface area (Å²) in [5, 5.41) is 7.18. The van der Waals surface area contributed by atoms with Gasteiger partial charge in [-0.05, 0) is 38.3 Å². The minimum absolute atomic E-state index is 0.257. The van der Waals surface area contributed by atoms with Crippen LogP contribution in [0.3, 0.4) is 0 Å². The molecular weight excluding hydrogens is 236 g/mol. The first kappa shape index (κ1) is 14.4. The molecule has 1 aliphatic rings. The van der Waals surface area contributed by atoms with Crippen LogP contribution in [0.5, 0.6) is 5.75 Å². The summed E-state index contributed by atoms with van der Waals surface area (Å²) < 4.78 is 5.45. The molecule has 1 atom stereocenters. The van der Waals surface area contributed by atoms with E-state index in [-0.39, 0.29) is 5.54 Å². The fourth-order valence-electron chi connectivity index (χ4n) is 2.75. The van der Waals surface area contributed by atoms with E-state index < -0.39 is 0 Å². The van der Waals surface area contributed by atoms with Gasteiger partial charge in [0.25, 0.3) is 0 Å². The maximum Gasteiger partial charge on any atom is 0.123 e. The normalized spacial score (nSPS) is 21.6. The number of aryl methyl sites for hydroxylation is 1. The Hall–Kier alpha value is -1.06. The third-order valence-corrected chi connectivity index (χ3v) is 3.92. The molecule has 1 aromatic carbocycles. The number of benzene rings is 1. The van der Waals surface area contributed by atoms with Gasteiger partial charge in [0, 0.05) is 30.2 Å². The van der Waals surface area contributed by atoms with E-state index in [0.29, 0.717) is 6.04 Å². The van der Waals surface area contributed by atoms with Crippen molar-refractivity contribution in [2.24, 2.45) is 0 Å². The number of hydrogen-bond donors (Lipinski definition) is 2. The minimum atomic E-state index is 0.257. The summed E-state index contributed by atoms with van der Waals surface area (Å²) in [6, 6.07) is 7.01. The first-order valence-electron chi connectivity index (χ1n) is 7.18. The third-order valence-electron chi connectivity index (χ3n) is 3.92. The molecule has 0 aliphatic carbocycles. The van der Waals surface area contributed by atoms with Gasteiger partial charge in [-0.2, -0.15) is 0 Å². The van der Waals surface area contributed by atoms with Gasteiger partial charge in [0.05, 0.1) is 7.11 Å². The molecule has 106 valence electrons. The Bertz CT molecular complexity index is 429. The molecule has 0 aromatic heterocycles. The number of hydrogen-bond acceptors (Lipinski definition) is 3. The van der Waals surface area contributed by atoms with Crippen LogP contribution in [0.25, 0.3) is 0 Å². The van der Waals surface area contributed by atoms with Crippen molar-refractivity contribution in [2.75, 3.05) is 13.7 Å². The zero-order chi connectivity index (χ0) is 13.9. The molecule has 19 heavy (non-hydrogen) atoms. The molecule has 0 bridgehead atoms. The van der Waals surface area contributed by atoms with Gasteiger partial charge in [-0.1, -0.05) is 19.1 Å². The third kappa shape index (κ3) is 3.71. The Labute approximate surface area is 116 Å². The summed E-state index contributed by atoms with van der Waals surface area (Å²) in [7, 11) is 1.74. The number of rotatable bonds is 5. The second-order valence-corrected chi connectivity index (χ2v) is 6.05. The molecule has 1 aliphatic heterocycles. The molecule has 1 fully saturated rings. The molecule has 0 spiro atoms. The van der Waals surface area contributed by atoms with Crippen LogP contribution in [0, 0.1) is 0 Å². The minimum Gasteiger partial charge on any atom is -0.496 e. The highest BCUT2D eigenvalue weighted by Crippen LogP contribution is 2.22. The fourth-order valence-corrected chi connectivity index (χ4v) is 2.75. The molecule has 2 N–H and O–H groups in total. The Kier molecular flexibility index (Phi) is 4.48. The lowest BCUT2D eigenvalue weighted by Gasteiger charge is -2.18. The van der Waals surface area contributed by atoms with Crippen molar-refractivity contribution < 1.29 is 4.74 Å². The van der Waals surface area contributed by atoms with E-state index in [1.165, 1.54) is 17.5 Å². The Morgan fingerprint density at radius 2 is 2.21 bits per heavy atom. The molecule has 1 saturated heterocycles. The first-order valence-corrected chi connectivity index (χ1v) is 7.18. The van der Waals surface area contributed by atoms with Crippen molar-refractivity contribution >= 4 is 0 Å². The van der Waals surface area contributed by atoms with Crippen LogP contribution in [-0.4, -0.2) is 25.2 Å². The first-order chi connectivity index (χ1) is 9.04. The van der Waals surface area contributed by atoms with E-state index in [1.54, 1.807) is 7.11 Å². The lowest BCUT2D eigenvalue weighted by Crippen LogP contribution is -2.31. The summed E-state index contributed by atoms with van der Waals surface area (Å²) in [5.41, 5.74) is 2.88. The number of methoxy groups -OCH3 is 1. The summed E-state index contributed by atoms with van der Waals surface area (Å²) in [5.74, 6) is 0.981. The SMILES string of the molecule is CCc1ccc(OC)c(CNC2CNC(C)(C)C2)c1. The van der Waals surface area contributed by atoms with Crippen molar-refractivity contribution in [3.63, 3.8) is 0 Å². The molecular formula is C16H26N2O. The van der Waals surface area contributed by atoms with E-state index in [0.717, 1.165) is 25.3 Å². The molecule has 1 aromatic rings. The average molecular weight is 262 g/mol.